The highest BCUT2D eigenvalue weighted by atomic mass is 35.5. The summed E-state index contributed by atoms with van der Waals surface area (Å²) < 4.78 is 0. The Morgan fingerprint density at radius 1 is 1.10 bits per heavy atom. The molecule has 20 heavy (non-hydrogen) atoms. The molecule has 1 aliphatic heterocycles. The van der Waals surface area contributed by atoms with E-state index in [1.165, 1.54) is 24.3 Å². The molecule has 1 aromatic carbocycles. The number of thioether (sulfide) groups is 1. The molecule has 0 radical (unpaired) electrons. The van der Waals surface area contributed by atoms with E-state index in [1.807, 2.05) is 42.1 Å². The Labute approximate surface area is 128 Å². The summed E-state index contributed by atoms with van der Waals surface area (Å²) in [5, 5.41) is 3.96. The van der Waals surface area contributed by atoms with Gasteiger partial charge < -0.3 is 5.32 Å². The summed E-state index contributed by atoms with van der Waals surface area (Å²) >= 11 is 8.14. The van der Waals surface area contributed by atoms with Gasteiger partial charge in [-0.05, 0) is 24.3 Å². The van der Waals surface area contributed by atoms with Gasteiger partial charge in [0.15, 0.2) is 5.82 Å². The highest BCUT2D eigenvalue weighted by Crippen LogP contribution is 2.23. The van der Waals surface area contributed by atoms with Crippen LogP contribution in [0.25, 0.3) is 11.4 Å². The van der Waals surface area contributed by atoms with E-state index in [9.17, 15) is 0 Å². The molecule has 0 amide bonds. The molecule has 2 aromatic rings. The van der Waals surface area contributed by atoms with Gasteiger partial charge in [0.1, 0.15) is 11.0 Å². The summed E-state index contributed by atoms with van der Waals surface area (Å²) in [6.07, 6.45) is 2.35. The van der Waals surface area contributed by atoms with E-state index in [4.69, 9.17) is 11.6 Å². The van der Waals surface area contributed by atoms with Crippen molar-refractivity contribution < 1.29 is 0 Å². The predicted octanol–water partition coefficient (Wildman–Crippen LogP) is 4.10. The molecule has 1 aromatic heterocycles. The van der Waals surface area contributed by atoms with E-state index < -0.39 is 0 Å². The lowest BCUT2D eigenvalue weighted by molar-refractivity contribution is 0.663. The molecule has 1 saturated heterocycles. The first-order valence-corrected chi connectivity index (χ1v) is 8.29. The number of rotatable bonds is 3. The molecule has 0 spiro atoms. The topological polar surface area (TPSA) is 37.8 Å². The first-order valence-electron chi connectivity index (χ1n) is 6.75. The molecule has 0 unspecified atom stereocenters. The Bertz CT molecular complexity index is 571. The lowest BCUT2D eigenvalue weighted by Crippen LogP contribution is -2.25. The van der Waals surface area contributed by atoms with Gasteiger partial charge in [0.2, 0.25) is 0 Å². The van der Waals surface area contributed by atoms with Crippen molar-refractivity contribution in [1.82, 2.24) is 9.97 Å². The van der Waals surface area contributed by atoms with Crippen molar-refractivity contribution in [3.05, 3.63) is 41.6 Å². The minimum atomic E-state index is 0.478. The van der Waals surface area contributed by atoms with Crippen molar-refractivity contribution in [2.45, 2.75) is 18.9 Å². The summed E-state index contributed by atoms with van der Waals surface area (Å²) in [6.45, 7) is 0. The van der Waals surface area contributed by atoms with Crippen molar-refractivity contribution in [3.63, 3.8) is 0 Å². The van der Waals surface area contributed by atoms with Gasteiger partial charge in [-0.25, -0.2) is 9.97 Å². The average molecular weight is 306 g/mol. The van der Waals surface area contributed by atoms with E-state index in [0.717, 1.165) is 11.4 Å². The summed E-state index contributed by atoms with van der Waals surface area (Å²) in [7, 11) is 0. The molecular weight excluding hydrogens is 290 g/mol. The Morgan fingerprint density at radius 2 is 1.85 bits per heavy atom. The molecule has 3 rings (SSSR count). The minimum Gasteiger partial charge on any atom is -0.367 e. The summed E-state index contributed by atoms with van der Waals surface area (Å²) in [6, 6.07) is 12.2. The van der Waals surface area contributed by atoms with Crippen LogP contribution < -0.4 is 5.32 Å². The highest BCUT2D eigenvalue weighted by molar-refractivity contribution is 7.99. The normalized spacial score (nSPS) is 16.1. The molecule has 1 fully saturated rings. The fourth-order valence-corrected chi connectivity index (χ4v) is 3.55. The van der Waals surface area contributed by atoms with Crippen LogP contribution >= 0.6 is 23.4 Å². The zero-order chi connectivity index (χ0) is 13.8. The van der Waals surface area contributed by atoms with E-state index in [2.05, 4.69) is 15.3 Å². The van der Waals surface area contributed by atoms with Crippen molar-refractivity contribution in [1.29, 1.82) is 0 Å². The first kappa shape index (κ1) is 13.7. The zero-order valence-corrected chi connectivity index (χ0v) is 12.6. The number of halogens is 1. The van der Waals surface area contributed by atoms with E-state index >= 15 is 0 Å². The molecule has 1 aliphatic rings. The van der Waals surface area contributed by atoms with E-state index in [0.29, 0.717) is 17.0 Å². The van der Waals surface area contributed by atoms with Gasteiger partial charge in [-0.15, -0.1) is 0 Å². The molecule has 5 heteroatoms. The van der Waals surface area contributed by atoms with Crippen LogP contribution in [0.1, 0.15) is 12.8 Å². The second-order valence-electron chi connectivity index (χ2n) is 4.80. The third-order valence-corrected chi connectivity index (χ3v) is 4.54. The number of nitrogens with zero attached hydrogens (tertiary/aromatic N) is 2. The van der Waals surface area contributed by atoms with Crippen molar-refractivity contribution in [2.24, 2.45) is 0 Å². The van der Waals surface area contributed by atoms with Crippen molar-refractivity contribution in [2.75, 3.05) is 16.8 Å². The predicted molar refractivity (Wildman–Crippen MR) is 86.4 cm³/mol. The summed E-state index contributed by atoms with van der Waals surface area (Å²) in [4.78, 5) is 8.89. The van der Waals surface area contributed by atoms with Crippen LogP contribution in [0.3, 0.4) is 0 Å². The summed E-state index contributed by atoms with van der Waals surface area (Å²) in [5.74, 6) is 3.91. The molecule has 104 valence electrons. The molecule has 0 aliphatic carbocycles. The van der Waals surface area contributed by atoms with Crippen LogP contribution in [-0.2, 0) is 0 Å². The number of anilines is 1. The third-order valence-electron chi connectivity index (χ3n) is 3.30. The molecule has 0 atom stereocenters. The molecule has 3 nitrogen and oxygen atoms in total. The molecule has 0 saturated carbocycles. The van der Waals surface area contributed by atoms with Gasteiger partial charge in [0.05, 0.1) is 0 Å². The average Bonchev–Trinajstić information content (AvgIpc) is 2.49. The maximum Gasteiger partial charge on any atom is 0.163 e. The smallest absolute Gasteiger partial charge is 0.163 e. The highest BCUT2D eigenvalue weighted by Gasteiger charge is 2.15. The van der Waals surface area contributed by atoms with Crippen LogP contribution in [0.5, 0.6) is 0 Å². The Kier molecular flexibility index (Phi) is 4.43. The number of benzene rings is 1. The number of nitrogens with one attached hydrogen (secondary N) is 1. The van der Waals surface area contributed by atoms with Crippen LogP contribution in [0, 0.1) is 0 Å². The largest absolute Gasteiger partial charge is 0.367 e. The molecule has 1 N–H and O–H groups in total. The maximum atomic E-state index is 6.12. The fourth-order valence-electron chi connectivity index (χ4n) is 2.26. The maximum absolute atomic E-state index is 6.12. The zero-order valence-electron chi connectivity index (χ0n) is 11.1. The van der Waals surface area contributed by atoms with E-state index in [1.54, 1.807) is 6.07 Å². The van der Waals surface area contributed by atoms with Gasteiger partial charge >= 0.3 is 0 Å². The monoisotopic (exact) mass is 305 g/mol. The van der Waals surface area contributed by atoms with Crippen molar-refractivity contribution >= 4 is 29.2 Å². The SMILES string of the molecule is Clc1cc(NC2CCSCC2)nc(-c2ccccc2)n1. The molecule has 2 heterocycles. The van der Waals surface area contributed by atoms with E-state index in [-0.39, 0.29) is 0 Å². The van der Waals surface area contributed by atoms with Crippen molar-refractivity contribution in [3.8, 4) is 11.4 Å². The number of hydrogen-bond donors (Lipinski definition) is 1. The van der Waals surface area contributed by atoms with Crippen LogP contribution in [0.2, 0.25) is 5.15 Å². The summed E-state index contributed by atoms with van der Waals surface area (Å²) in [5.41, 5.74) is 0.984. The van der Waals surface area contributed by atoms with Crippen LogP contribution in [-0.4, -0.2) is 27.5 Å². The third kappa shape index (κ3) is 3.44. The lowest BCUT2D eigenvalue weighted by Gasteiger charge is -2.23. The first-order chi connectivity index (χ1) is 9.81. The quantitative estimate of drug-likeness (QED) is 0.866. The van der Waals surface area contributed by atoms with Gasteiger partial charge in [-0.3, -0.25) is 0 Å². The van der Waals surface area contributed by atoms with Gasteiger partial charge in [-0.1, -0.05) is 41.9 Å². The Balaban J connectivity index is 1.83. The second kappa shape index (κ2) is 6.46. The van der Waals surface area contributed by atoms with Gasteiger partial charge in [0, 0.05) is 17.7 Å². The number of aromatic nitrogens is 2. The fraction of sp³-hybridized carbons (Fsp3) is 0.333. The lowest BCUT2D eigenvalue weighted by atomic mass is 10.1. The molecular formula is C15H16ClN3S. The number of hydrogen-bond acceptors (Lipinski definition) is 4. The van der Waals surface area contributed by atoms with Crippen LogP contribution in [0.4, 0.5) is 5.82 Å². The van der Waals surface area contributed by atoms with Crippen LogP contribution in [0.15, 0.2) is 36.4 Å². The second-order valence-corrected chi connectivity index (χ2v) is 6.41. The minimum absolute atomic E-state index is 0.478. The van der Waals surface area contributed by atoms with Gasteiger partial charge in [0.25, 0.3) is 0 Å². The Morgan fingerprint density at radius 3 is 2.60 bits per heavy atom. The standard InChI is InChI=1S/C15H16ClN3S/c16-13-10-14(17-12-6-8-20-9-7-12)19-15(18-13)11-4-2-1-3-5-11/h1-5,10,12H,6-9H2,(H,17,18,19). The Hall–Kier alpha value is -1.26. The molecule has 0 bridgehead atoms. The van der Waals surface area contributed by atoms with Gasteiger partial charge in [-0.2, -0.15) is 11.8 Å².